The summed E-state index contributed by atoms with van der Waals surface area (Å²) in [4.78, 5) is 16.2. The first-order chi connectivity index (χ1) is 12.8. The third-order valence-corrected chi connectivity index (χ3v) is 6.11. The normalized spacial score (nSPS) is 15.7. The monoisotopic (exact) mass is 392 g/mol. The van der Waals surface area contributed by atoms with Gasteiger partial charge in [0.2, 0.25) is 0 Å². The SMILES string of the molecule is Cc1ccc(S(=O)(=O)NC(=O)N2CCN(Cc3c(C)noc3C)CC2)cc1. The van der Waals surface area contributed by atoms with Crippen LogP contribution >= 0.6 is 0 Å². The quantitative estimate of drug-likeness (QED) is 0.853. The fourth-order valence-electron chi connectivity index (χ4n) is 3.02. The van der Waals surface area contributed by atoms with E-state index in [9.17, 15) is 13.2 Å². The lowest BCUT2D eigenvalue weighted by Crippen LogP contribution is -2.52. The second kappa shape index (κ2) is 7.69. The summed E-state index contributed by atoms with van der Waals surface area (Å²) in [6, 6.07) is 5.80. The Kier molecular flexibility index (Phi) is 5.52. The van der Waals surface area contributed by atoms with Gasteiger partial charge in [-0.15, -0.1) is 0 Å². The summed E-state index contributed by atoms with van der Waals surface area (Å²) in [5, 5.41) is 3.96. The zero-order valence-electron chi connectivity index (χ0n) is 15.7. The standard InChI is InChI=1S/C18H24N4O4S/c1-13-4-6-16(7-5-13)27(24,25)20-18(23)22-10-8-21(9-11-22)12-17-14(2)19-26-15(17)3/h4-7H,8-12H2,1-3H3,(H,20,23). The number of nitrogens with one attached hydrogen (secondary N) is 1. The van der Waals surface area contributed by atoms with Gasteiger partial charge in [0.1, 0.15) is 5.76 Å². The van der Waals surface area contributed by atoms with E-state index in [0.717, 1.165) is 22.6 Å². The number of carbonyl (C=O) groups is 1. The van der Waals surface area contributed by atoms with Gasteiger partial charge in [-0.3, -0.25) is 4.90 Å². The van der Waals surface area contributed by atoms with Crippen LogP contribution in [0.1, 0.15) is 22.6 Å². The Morgan fingerprint density at radius 2 is 1.74 bits per heavy atom. The molecule has 1 aliphatic heterocycles. The highest BCUT2D eigenvalue weighted by molar-refractivity contribution is 7.90. The molecule has 0 aliphatic carbocycles. The molecule has 0 saturated carbocycles. The molecule has 0 unspecified atom stereocenters. The van der Waals surface area contributed by atoms with Gasteiger partial charge >= 0.3 is 6.03 Å². The highest BCUT2D eigenvalue weighted by atomic mass is 32.2. The molecule has 1 aromatic carbocycles. The Morgan fingerprint density at radius 3 is 2.30 bits per heavy atom. The molecule has 2 amide bonds. The van der Waals surface area contributed by atoms with E-state index in [4.69, 9.17) is 4.52 Å². The molecular weight excluding hydrogens is 368 g/mol. The molecule has 1 saturated heterocycles. The number of aromatic nitrogens is 1. The number of benzene rings is 1. The fraction of sp³-hybridized carbons (Fsp3) is 0.444. The Labute approximate surface area is 159 Å². The molecule has 1 N–H and O–H groups in total. The predicted octanol–water partition coefficient (Wildman–Crippen LogP) is 1.82. The minimum Gasteiger partial charge on any atom is -0.361 e. The average molecular weight is 392 g/mol. The van der Waals surface area contributed by atoms with Crippen LogP contribution in [0.2, 0.25) is 0 Å². The highest BCUT2D eigenvalue weighted by Gasteiger charge is 2.26. The van der Waals surface area contributed by atoms with Gasteiger partial charge in [0.15, 0.2) is 0 Å². The Balaban J connectivity index is 1.56. The third kappa shape index (κ3) is 4.48. The van der Waals surface area contributed by atoms with Crippen LogP contribution in [0.15, 0.2) is 33.7 Å². The second-order valence-corrected chi connectivity index (χ2v) is 8.47. The van der Waals surface area contributed by atoms with E-state index in [2.05, 4.69) is 14.8 Å². The summed E-state index contributed by atoms with van der Waals surface area (Å²) >= 11 is 0. The van der Waals surface area contributed by atoms with Crippen molar-refractivity contribution in [1.82, 2.24) is 19.7 Å². The molecular formula is C18H24N4O4S. The van der Waals surface area contributed by atoms with E-state index in [1.54, 1.807) is 12.1 Å². The number of piperazine rings is 1. The Hall–Kier alpha value is -2.39. The van der Waals surface area contributed by atoms with Gasteiger partial charge in [-0.25, -0.2) is 17.9 Å². The number of urea groups is 1. The lowest BCUT2D eigenvalue weighted by molar-refractivity contribution is 0.138. The van der Waals surface area contributed by atoms with Crippen LogP contribution in [-0.2, 0) is 16.6 Å². The maximum atomic E-state index is 12.4. The van der Waals surface area contributed by atoms with Crippen molar-refractivity contribution in [2.24, 2.45) is 0 Å². The van der Waals surface area contributed by atoms with Crippen molar-refractivity contribution >= 4 is 16.1 Å². The average Bonchev–Trinajstić information content (AvgIpc) is 2.94. The summed E-state index contributed by atoms with van der Waals surface area (Å²) in [6.07, 6.45) is 0. The highest BCUT2D eigenvalue weighted by Crippen LogP contribution is 2.16. The van der Waals surface area contributed by atoms with Crippen molar-refractivity contribution in [2.45, 2.75) is 32.2 Å². The van der Waals surface area contributed by atoms with Crippen LogP contribution in [0, 0.1) is 20.8 Å². The van der Waals surface area contributed by atoms with Gasteiger partial charge < -0.3 is 9.42 Å². The topological polar surface area (TPSA) is 95.8 Å². The first-order valence-corrected chi connectivity index (χ1v) is 10.3. The van der Waals surface area contributed by atoms with E-state index < -0.39 is 16.1 Å². The number of hydrogen-bond donors (Lipinski definition) is 1. The lowest BCUT2D eigenvalue weighted by Gasteiger charge is -2.34. The van der Waals surface area contributed by atoms with Crippen LogP contribution in [0.3, 0.4) is 0 Å². The third-order valence-electron chi connectivity index (χ3n) is 4.78. The molecule has 146 valence electrons. The van der Waals surface area contributed by atoms with Gasteiger partial charge in [-0.1, -0.05) is 22.9 Å². The molecule has 0 atom stereocenters. The molecule has 27 heavy (non-hydrogen) atoms. The van der Waals surface area contributed by atoms with Crippen molar-refractivity contribution in [3.8, 4) is 0 Å². The Morgan fingerprint density at radius 1 is 1.11 bits per heavy atom. The molecule has 0 radical (unpaired) electrons. The fourth-order valence-corrected chi connectivity index (χ4v) is 3.99. The number of hydrogen-bond acceptors (Lipinski definition) is 6. The maximum Gasteiger partial charge on any atom is 0.331 e. The minimum absolute atomic E-state index is 0.0819. The molecule has 1 aromatic heterocycles. The molecule has 8 nitrogen and oxygen atoms in total. The number of rotatable bonds is 4. The zero-order valence-corrected chi connectivity index (χ0v) is 16.5. The van der Waals surface area contributed by atoms with E-state index in [1.165, 1.54) is 17.0 Å². The van der Waals surface area contributed by atoms with Crippen molar-refractivity contribution in [3.05, 3.63) is 46.8 Å². The van der Waals surface area contributed by atoms with Crippen LogP contribution in [0.4, 0.5) is 4.79 Å². The van der Waals surface area contributed by atoms with Gasteiger partial charge in [0, 0.05) is 38.3 Å². The molecule has 2 heterocycles. The zero-order chi connectivity index (χ0) is 19.6. The van der Waals surface area contributed by atoms with Crippen molar-refractivity contribution in [2.75, 3.05) is 26.2 Å². The molecule has 3 rings (SSSR count). The molecule has 9 heteroatoms. The van der Waals surface area contributed by atoms with Crippen molar-refractivity contribution < 1.29 is 17.7 Å². The molecule has 2 aromatic rings. The summed E-state index contributed by atoms with van der Waals surface area (Å²) in [6.45, 7) is 8.59. The van der Waals surface area contributed by atoms with Crippen molar-refractivity contribution in [3.63, 3.8) is 0 Å². The summed E-state index contributed by atoms with van der Waals surface area (Å²) < 4.78 is 32.1. The summed E-state index contributed by atoms with van der Waals surface area (Å²) in [5.74, 6) is 0.803. The largest absolute Gasteiger partial charge is 0.361 e. The van der Waals surface area contributed by atoms with E-state index in [0.29, 0.717) is 32.7 Å². The number of amides is 2. The number of aryl methyl sites for hydroxylation is 3. The summed E-state index contributed by atoms with van der Waals surface area (Å²) in [5.41, 5.74) is 2.89. The number of nitrogens with zero attached hydrogens (tertiary/aromatic N) is 3. The van der Waals surface area contributed by atoms with E-state index >= 15 is 0 Å². The van der Waals surface area contributed by atoms with Crippen LogP contribution < -0.4 is 4.72 Å². The maximum absolute atomic E-state index is 12.4. The lowest BCUT2D eigenvalue weighted by atomic mass is 10.2. The Bertz CT molecular complexity index is 894. The first-order valence-electron chi connectivity index (χ1n) is 8.79. The van der Waals surface area contributed by atoms with Gasteiger partial charge in [-0.2, -0.15) is 0 Å². The smallest absolute Gasteiger partial charge is 0.331 e. The second-order valence-electron chi connectivity index (χ2n) is 6.79. The summed E-state index contributed by atoms with van der Waals surface area (Å²) in [7, 11) is -3.87. The molecule has 1 aliphatic rings. The van der Waals surface area contributed by atoms with Crippen LogP contribution in [-0.4, -0.2) is 55.6 Å². The minimum atomic E-state index is -3.87. The van der Waals surface area contributed by atoms with E-state index in [1.807, 2.05) is 20.8 Å². The molecule has 0 bridgehead atoms. The predicted molar refractivity (Wildman–Crippen MR) is 99.7 cm³/mol. The first kappa shape index (κ1) is 19.4. The van der Waals surface area contributed by atoms with Crippen LogP contribution in [0.25, 0.3) is 0 Å². The van der Waals surface area contributed by atoms with Crippen molar-refractivity contribution in [1.29, 1.82) is 0 Å². The van der Waals surface area contributed by atoms with Gasteiger partial charge in [0.25, 0.3) is 10.0 Å². The van der Waals surface area contributed by atoms with Gasteiger partial charge in [-0.05, 0) is 32.9 Å². The van der Waals surface area contributed by atoms with Gasteiger partial charge in [0.05, 0.1) is 10.6 Å². The number of sulfonamides is 1. The molecule has 0 spiro atoms. The number of carbonyl (C=O) groups excluding carboxylic acids is 1. The van der Waals surface area contributed by atoms with E-state index in [-0.39, 0.29) is 4.90 Å². The molecule has 1 fully saturated rings. The van der Waals surface area contributed by atoms with Crippen LogP contribution in [0.5, 0.6) is 0 Å².